The first kappa shape index (κ1) is 24.8. The standard InChI is InChI=1S/C24H30N4O6S/c1-27(2)35(31,32)20-12-18(24(30)28-7-3-4-17(15-28)23(25)29)11-19(13-20)26-14-16-5-6-21-22(10-16)34-9-8-33-21/h5-6,10-13,17,26H,3-4,7-9,14-15H2,1-2H3,(H2,25,29)/t17-/m0/s1. The molecule has 2 aliphatic rings. The number of likely N-dealkylation sites (tertiary alicyclic amines) is 1. The third-order valence-corrected chi connectivity index (χ3v) is 7.94. The molecule has 1 saturated heterocycles. The van der Waals surface area contributed by atoms with Crippen LogP contribution < -0.4 is 20.5 Å². The maximum absolute atomic E-state index is 13.3. The second-order valence-corrected chi connectivity index (χ2v) is 11.0. The highest BCUT2D eigenvalue weighted by atomic mass is 32.2. The van der Waals surface area contributed by atoms with E-state index < -0.39 is 21.8 Å². The van der Waals surface area contributed by atoms with Crippen molar-refractivity contribution < 1.29 is 27.5 Å². The minimum atomic E-state index is -3.79. The van der Waals surface area contributed by atoms with Crippen molar-refractivity contribution in [2.45, 2.75) is 24.3 Å². The molecule has 0 aliphatic carbocycles. The lowest BCUT2D eigenvalue weighted by atomic mass is 9.97. The number of nitrogens with zero attached hydrogens (tertiary/aromatic N) is 2. The van der Waals surface area contributed by atoms with Crippen molar-refractivity contribution in [2.24, 2.45) is 11.7 Å². The lowest BCUT2D eigenvalue weighted by molar-refractivity contribution is -0.123. The van der Waals surface area contributed by atoms with Gasteiger partial charge in [0.25, 0.3) is 5.91 Å². The van der Waals surface area contributed by atoms with Crippen LogP contribution in [0.3, 0.4) is 0 Å². The Balaban J connectivity index is 1.61. The van der Waals surface area contributed by atoms with Gasteiger partial charge in [-0.3, -0.25) is 9.59 Å². The van der Waals surface area contributed by atoms with Crippen LogP contribution in [0.4, 0.5) is 5.69 Å². The quantitative estimate of drug-likeness (QED) is 0.589. The third kappa shape index (κ3) is 5.51. The minimum Gasteiger partial charge on any atom is -0.486 e. The number of benzene rings is 2. The molecule has 1 fully saturated rings. The predicted octanol–water partition coefficient (Wildman–Crippen LogP) is 1.66. The summed E-state index contributed by atoms with van der Waals surface area (Å²) in [6.07, 6.45) is 1.29. The normalized spacial score (nSPS) is 17.8. The second-order valence-electron chi connectivity index (χ2n) is 8.86. The molecule has 4 rings (SSSR count). The van der Waals surface area contributed by atoms with Gasteiger partial charge in [-0.1, -0.05) is 6.07 Å². The molecule has 0 aromatic heterocycles. The Morgan fingerprint density at radius 3 is 2.57 bits per heavy atom. The number of rotatable bonds is 7. The van der Waals surface area contributed by atoms with Crippen LogP contribution in [-0.2, 0) is 21.4 Å². The summed E-state index contributed by atoms with van der Waals surface area (Å²) in [5, 5.41) is 3.22. The Labute approximate surface area is 205 Å². The number of anilines is 1. The number of piperidine rings is 1. The van der Waals surface area contributed by atoms with E-state index in [0.717, 1.165) is 9.87 Å². The Morgan fingerprint density at radius 2 is 1.86 bits per heavy atom. The highest BCUT2D eigenvalue weighted by Gasteiger charge is 2.29. The van der Waals surface area contributed by atoms with E-state index in [1.165, 1.54) is 26.2 Å². The largest absolute Gasteiger partial charge is 0.486 e. The lowest BCUT2D eigenvalue weighted by Crippen LogP contribution is -2.44. The summed E-state index contributed by atoms with van der Waals surface area (Å²) in [7, 11) is -0.916. The average molecular weight is 503 g/mol. The van der Waals surface area contributed by atoms with Crippen LogP contribution in [0.25, 0.3) is 0 Å². The van der Waals surface area contributed by atoms with Crippen molar-refractivity contribution >= 4 is 27.5 Å². The van der Waals surface area contributed by atoms with Crippen molar-refractivity contribution in [3.8, 4) is 11.5 Å². The van der Waals surface area contributed by atoms with Gasteiger partial charge in [-0.15, -0.1) is 0 Å². The molecule has 35 heavy (non-hydrogen) atoms. The molecule has 2 aromatic rings. The van der Waals surface area contributed by atoms with Gasteiger partial charge in [0.05, 0.1) is 10.8 Å². The van der Waals surface area contributed by atoms with Crippen molar-refractivity contribution in [2.75, 3.05) is 45.7 Å². The summed E-state index contributed by atoms with van der Waals surface area (Å²) in [5.74, 6) is 0.156. The van der Waals surface area contributed by atoms with Crippen molar-refractivity contribution in [1.82, 2.24) is 9.21 Å². The van der Waals surface area contributed by atoms with Gasteiger partial charge in [0.15, 0.2) is 11.5 Å². The predicted molar refractivity (Wildman–Crippen MR) is 130 cm³/mol. The summed E-state index contributed by atoms with van der Waals surface area (Å²) in [6.45, 7) is 2.06. The van der Waals surface area contributed by atoms with E-state index >= 15 is 0 Å². The molecule has 0 radical (unpaired) electrons. The first-order valence-corrected chi connectivity index (χ1v) is 12.9. The fourth-order valence-corrected chi connectivity index (χ4v) is 5.14. The number of hydrogen-bond donors (Lipinski definition) is 2. The molecule has 0 bridgehead atoms. The number of fused-ring (bicyclic) bond motifs is 1. The third-order valence-electron chi connectivity index (χ3n) is 6.15. The molecule has 2 aromatic carbocycles. The van der Waals surface area contributed by atoms with Crippen LogP contribution in [0.15, 0.2) is 41.3 Å². The van der Waals surface area contributed by atoms with Gasteiger partial charge < -0.3 is 25.4 Å². The Hall–Kier alpha value is -3.31. The molecule has 0 saturated carbocycles. The number of sulfonamides is 1. The van der Waals surface area contributed by atoms with Gasteiger partial charge in [0, 0.05) is 45.0 Å². The van der Waals surface area contributed by atoms with Crippen LogP contribution in [0.2, 0.25) is 0 Å². The molecule has 2 aliphatic heterocycles. The summed E-state index contributed by atoms with van der Waals surface area (Å²) in [6, 6.07) is 10.1. The van der Waals surface area contributed by atoms with Crippen LogP contribution in [0.1, 0.15) is 28.8 Å². The van der Waals surface area contributed by atoms with Gasteiger partial charge in [0.1, 0.15) is 13.2 Å². The van der Waals surface area contributed by atoms with Gasteiger partial charge in [-0.25, -0.2) is 12.7 Å². The topological polar surface area (TPSA) is 131 Å². The molecular formula is C24H30N4O6S. The van der Waals surface area contributed by atoms with Crippen LogP contribution in [0.5, 0.6) is 11.5 Å². The van der Waals surface area contributed by atoms with Crippen molar-refractivity contribution in [3.63, 3.8) is 0 Å². The zero-order valence-corrected chi connectivity index (χ0v) is 20.6. The Morgan fingerprint density at radius 1 is 1.11 bits per heavy atom. The van der Waals surface area contributed by atoms with E-state index in [2.05, 4.69) is 5.32 Å². The molecule has 1 atom stereocenters. The van der Waals surface area contributed by atoms with E-state index in [9.17, 15) is 18.0 Å². The molecule has 0 spiro atoms. The maximum Gasteiger partial charge on any atom is 0.253 e. The average Bonchev–Trinajstić information content (AvgIpc) is 2.86. The lowest BCUT2D eigenvalue weighted by Gasteiger charge is -2.31. The number of primary amides is 1. The number of nitrogens with two attached hydrogens (primary N) is 1. The Bertz CT molecular complexity index is 1230. The zero-order valence-electron chi connectivity index (χ0n) is 19.8. The van der Waals surface area contributed by atoms with Crippen LogP contribution >= 0.6 is 0 Å². The summed E-state index contributed by atoms with van der Waals surface area (Å²) < 4.78 is 38.1. The molecule has 2 amide bonds. The molecule has 11 heteroatoms. The second kappa shape index (κ2) is 10.1. The minimum absolute atomic E-state index is 0.00137. The Kier molecular flexibility index (Phi) is 7.18. The van der Waals surface area contributed by atoms with Gasteiger partial charge in [0.2, 0.25) is 15.9 Å². The number of ether oxygens (including phenoxy) is 2. The monoisotopic (exact) mass is 502 g/mol. The molecule has 2 heterocycles. The first-order valence-electron chi connectivity index (χ1n) is 11.4. The SMILES string of the molecule is CN(C)S(=O)(=O)c1cc(NCc2ccc3c(c2)OCCO3)cc(C(=O)N2CCC[C@H](C(N)=O)C2)c1. The summed E-state index contributed by atoms with van der Waals surface area (Å²) >= 11 is 0. The molecule has 3 N–H and O–H groups in total. The number of hydrogen-bond acceptors (Lipinski definition) is 7. The van der Waals surface area contributed by atoms with Crippen molar-refractivity contribution in [3.05, 3.63) is 47.5 Å². The van der Waals surface area contributed by atoms with E-state index in [-0.39, 0.29) is 22.9 Å². The highest BCUT2D eigenvalue weighted by Crippen LogP contribution is 2.31. The van der Waals surface area contributed by atoms with Gasteiger partial charge >= 0.3 is 0 Å². The molecule has 0 unspecified atom stereocenters. The van der Waals surface area contributed by atoms with Gasteiger partial charge in [-0.2, -0.15) is 0 Å². The molecular weight excluding hydrogens is 472 g/mol. The number of nitrogens with one attached hydrogen (secondary N) is 1. The zero-order chi connectivity index (χ0) is 25.2. The fraction of sp³-hybridized carbons (Fsp3) is 0.417. The van der Waals surface area contributed by atoms with E-state index in [0.29, 0.717) is 56.3 Å². The number of amides is 2. The maximum atomic E-state index is 13.3. The first-order chi connectivity index (χ1) is 16.6. The van der Waals surface area contributed by atoms with E-state index in [1.807, 2.05) is 18.2 Å². The smallest absolute Gasteiger partial charge is 0.253 e. The number of carbonyl (C=O) groups is 2. The van der Waals surface area contributed by atoms with E-state index in [4.69, 9.17) is 15.2 Å². The van der Waals surface area contributed by atoms with Crippen LogP contribution in [-0.4, -0.2) is 69.8 Å². The fourth-order valence-electron chi connectivity index (χ4n) is 4.16. The number of carbonyl (C=O) groups excluding carboxylic acids is 2. The molecule has 188 valence electrons. The molecule has 10 nitrogen and oxygen atoms in total. The highest BCUT2D eigenvalue weighted by molar-refractivity contribution is 7.89. The summed E-state index contributed by atoms with van der Waals surface area (Å²) in [4.78, 5) is 26.5. The van der Waals surface area contributed by atoms with Crippen molar-refractivity contribution in [1.29, 1.82) is 0 Å². The van der Waals surface area contributed by atoms with E-state index in [1.54, 1.807) is 11.0 Å². The van der Waals surface area contributed by atoms with Gasteiger partial charge in [-0.05, 0) is 48.7 Å². The summed E-state index contributed by atoms with van der Waals surface area (Å²) in [5.41, 5.74) is 7.07. The van der Waals surface area contributed by atoms with Crippen LogP contribution in [0, 0.1) is 5.92 Å².